The van der Waals surface area contributed by atoms with Gasteiger partial charge in [0.1, 0.15) is 5.75 Å². The van der Waals surface area contributed by atoms with Crippen molar-refractivity contribution in [2.75, 3.05) is 13.2 Å². The highest BCUT2D eigenvalue weighted by molar-refractivity contribution is 5.39. The molecular weight excluding hydrogens is 262 g/mol. The number of ether oxygens (including phenoxy) is 1. The summed E-state index contributed by atoms with van der Waals surface area (Å²) in [6.45, 7) is 7.24. The average molecular weight is 291 g/mol. The topological polar surface area (TPSA) is 41.5 Å². The Hall–Kier alpha value is -1.06. The zero-order valence-electron chi connectivity index (χ0n) is 13.6. The van der Waals surface area contributed by atoms with Gasteiger partial charge in [-0.05, 0) is 57.1 Å². The summed E-state index contributed by atoms with van der Waals surface area (Å²) in [5.41, 5.74) is 2.26. The minimum Gasteiger partial charge on any atom is -0.493 e. The summed E-state index contributed by atoms with van der Waals surface area (Å²) in [5.74, 6) is 1.01. The van der Waals surface area contributed by atoms with E-state index in [2.05, 4.69) is 44.3 Å². The van der Waals surface area contributed by atoms with Crippen molar-refractivity contribution in [1.82, 2.24) is 5.32 Å². The van der Waals surface area contributed by atoms with Crippen LogP contribution in [0, 0.1) is 13.8 Å². The van der Waals surface area contributed by atoms with Gasteiger partial charge in [0.15, 0.2) is 0 Å². The largest absolute Gasteiger partial charge is 0.493 e. The summed E-state index contributed by atoms with van der Waals surface area (Å²) in [5, 5.41) is 13.4. The maximum Gasteiger partial charge on any atom is 0.125 e. The Kier molecular flexibility index (Phi) is 5.65. The van der Waals surface area contributed by atoms with E-state index in [9.17, 15) is 5.11 Å². The van der Waals surface area contributed by atoms with Crippen molar-refractivity contribution in [3.8, 4) is 5.75 Å². The van der Waals surface area contributed by atoms with Gasteiger partial charge in [-0.15, -0.1) is 0 Å². The fourth-order valence-corrected chi connectivity index (χ4v) is 2.86. The highest BCUT2D eigenvalue weighted by Crippen LogP contribution is 2.27. The molecule has 2 N–H and O–H groups in total. The van der Waals surface area contributed by atoms with Crippen LogP contribution in [0.1, 0.15) is 50.2 Å². The van der Waals surface area contributed by atoms with Gasteiger partial charge >= 0.3 is 0 Å². The Morgan fingerprint density at radius 1 is 1.29 bits per heavy atom. The van der Waals surface area contributed by atoms with Crippen molar-refractivity contribution in [3.63, 3.8) is 0 Å². The zero-order chi connectivity index (χ0) is 15.3. The molecule has 1 atom stereocenters. The summed E-state index contributed by atoms with van der Waals surface area (Å²) in [6.07, 6.45) is 5.38. The number of para-hydroxylation sites is 1. The molecule has 1 unspecified atom stereocenters. The van der Waals surface area contributed by atoms with Crippen molar-refractivity contribution >= 4 is 0 Å². The molecule has 118 valence electrons. The smallest absolute Gasteiger partial charge is 0.125 e. The Bertz CT molecular complexity index is 430. The minimum absolute atomic E-state index is 0.120. The van der Waals surface area contributed by atoms with Crippen LogP contribution in [-0.2, 0) is 0 Å². The van der Waals surface area contributed by atoms with Crippen LogP contribution in [0.25, 0.3) is 0 Å². The Balaban J connectivity index is 1.82. The molecule has 3 heteroatoms. The molecule has 1 aromatic rings. The number of nitrogens with one attached hydrogen (secondary N) is 1. The van der Waals surface area contributed by atoms with Crippen molar-refractivity contribution in [1.29, 1.82) is 0 Å². The van der Waals surface area contributed by atoms with E-state index in [-0.39, 0.29) is 12.1 Å². The average Bonchev–Trinajstić information content (AvgIpc) is 3.28. The second-order valence-electron chi connectivity index (χ2n) is 6.38. The Morgan fingerprint density at radius 3 is 2.48 bits per heavy atom. The van der Waals surface area contributed by atoms with Crippen LogP contribution in [0.3, 0.4) is 0 Å². The van der Waals surface area contributed by atoms with E-state index < -0.39 is 0 Å². The van der Waals surface area contributed by atoms with Crippen LogP contribution in [0.4, 0.5) is 0 Å². The Labute approximate surface area is 128 Å². The molecule has 1 aliphatic rings. The lowest BCUT2D eigenvalue weighted by atomic mass is 9.91. The monoisotopic (exact) mass is 291 g/mol. The molecule has 3 nitrogen and oxygen atoms in total. The molecule has 0 amide bonds. The molecule has 1 fully saturated rings. The molecule has 0 heterocycles. The lowest BCUT2D eigenvalue weighted by Crippen LogP contribution is -2.49. The standard InChI is InChI=1S/C18H29NO2/c1-4-18(13-20,19-16-9-10-16)11-6-12-21-17-14(2)7-5-8-15(17)3/h5,7-8,16,19-20H,4,6,9-13H2,1-3H3. The van der Waals surface area contributed by atoms with Gasteiger partial charge in [-0.25, -0.2) is 0 Å². The van der Waals surface area contributed by atoms with Crippen molar-refractivity contribution < 1.29 is 9.84 Å². The van der Waals surface area contributed by atoms with Gasteiger partial charge in [0.25, 0.3) is 0 Å². The van der Waals surface area contributed by atoms with Gasteiger partial charge < -0.3 is 15.2 Å². The SMILES string of the molecule is CCC(CO)(CCCOc1c(C)cccc1C)NC1CC1. The molecule has 1 aliphatic carbocycles. The molecule has 1 saturated carbocycles. The summed E-state index contributed by atoms with van der Waals surface area (Å²) in [7, 11) is 0. The van der Waals surface area contributed by atoms with E-state index in [0.717, 1.165) is 25.0 Å². The highest BCUT2D eigenvalue weighted by Gasteiger charge is 2.33. The second-order valence-corrected chi connectivity index (χ2v) is 6.38. The normalized spacial score (nSPS) is 17.5. The number of hydrogen-bond acceptors (Lipinski definition) is 3. The third-order valence-corrected chi connectivity index (χ3v) is 4.52. The number of aliphatic hydroxyl groups is 1. The first-order chi connectivity index (χ1) is 10.1. The molecule has 1 aromatic carbocycles. The van der Waals surface area contributed by atoms with Crippen molar-refractivity contribution in [3.05, 3.63) is 29.3 Å². The number of benzene rings is 1. The second kappa shape index (κ2) is 7.28. The van der Waals surface area contributed by atoms with Gasteiger partial charge in [0.2, 0.25) is 0 Å². The molecule has 0 bridgehead atoms. The molecule has 0 aromatic heterocycles. The summed E-state index contributed by atoms with van der Waals surface area (Å²) >= 11 is 0. The maximum atomic E-state index is 9.75. The molecule has 0 saturated heterocycles. The van der Waals surface area contributed by atoms with E-state index in [1.807, 2.05) is 0 Å². The predicted octanol–water partition coefficient (Wildman–Crippen LogP) is 3.36. The summed E-state index contributed by atoms with van der Waals surface area (Å²) in [4.78, 5) is 0. The lowest BCUT2D eigenvalue weighted by molar-refractivity contribution is 0.135. The predicted molar refractivity (Wildman–Crippen MR) is 86.9 cm³/mol. The van der Waals surface area contributed by atoms with E-state index >= 15 is 0 Å². The lowest BCUT2D eigenvalue weighted by Gasteiger charge is -2.32. The fraction of sp³-hybridized carbons (Fsp3) is 0.667. The zero-order valence-corrected chi connectivity index (χ0v) is 13.6. The maximum absolute atomic E-state index is 9.75. The van der Waals surface area contributed by atoms with Crippen molar-refractivity contribution in [2.24, 2.45) is 0 Å². The van der Waals surface area contributed by atoms with Crippen LogP contribution in [0.2, 0.25) is 0 Å². The van der Waals surface area contributed by atoms with Gasteiger partial charge in [-0.2, -0.15) is 0 Å². The van der Waals surface area contributed by atoms with E-state index in [4.69, 9.17) is 4.74 Å². The van der Waals surface area contributed by atoms with Crippen LogP contribution < -0.4 is 10.1 Å². The van der Waals surface area contributed by atoms with Crippen LogP contribution in [0.5, 0.6) is 5.75 Å². The summed E-state index contributed by atoms with van der Waals surface area (Å²) < 4.78 is 5.96. The molecule has 2 rings (SSSR count). The van der Waals surface area contributed by atoms with Gasteiger partial charge in [0.05, 0.1) is 13.2 Å². The van der Waals surface area contributed by atoms with Gasteiger partial charge in [-0.1, -0.05) is 25.1 Å². The van der Waals surface area contributed by atoms with E-state index in [0.29, 0.717) is 12.6 Å². The number of aryl methyl sites for hydroxylation is 2. The molecular formula is C18H29NO2. The molecule has 0 aliphatic heterocycles. The highest BCUT2D eigenvalue weighted by atomic mass is 16.5. The summed E-state index contributed by atoms with van der Waals surface area (Å²) in [6, 6.07) is 6.85. The van der Waals surface area contributed by atoms with Gasteiger partial charge in [0, 0.05) is 11.6 Å². The Morgan fingerprint density at radius 2 is 1.95 bits per heavy atom. The minimum atomic E-state index is -0.120. The number of hydrogen-bond donors (Lipinski definition) is 2. The fourth-order valence-electron chi connectivity index (χ4n) is 2.86. The first-order valence-electron chi connectivity index (χ1n) is 8.18. The van der Waals surface area contributed by atoms with E-state index in [1.54, 1.807) is 0 Å². The number of rotatable bonds is 9. The molecule has 0 radical (unpaired) electrons. The van der Waals surface area contributed by atoms with Crippen LogP contribution >= 0.6 is 0 Å². The third-order valence-electron chi connectivity index (χ3n) is 4.52. The molecule has 0 spiro atoms. The van der Waals surface area contributed by atoms with Crippen LogP contribution in [-0.4, -0.2) is 29.9 Å². The first-order valence-corrected chi connectivity index (χ1v) is 8.18. The molecule has 21 heavy (non-hydrogen) atoms. The van der Waals surface area contributed by atoms with Crippen molar-refractivity contribution in [2.45, 2.75) is 64.5 Å². The quantitative estimate of drug-likeness (QED) is 0.686. The third kappa shape index (κ3) is 4.45. The number of aliphatic hydroxyl groups excluding tert-OH is 1. The van der Waals surface area contributed by atoms with E-state index in [1.165, 1.54) is 24.0 Å². The first kappa shape index (κ1) is 16.3. The van der Waals surface area contributed by atoms with Crippen LogP contribution in [0.15, 0.2) is 18.2 Å². The van der Waals surface area contributed by atoms with Gasteiger partial charge in [-0.3, -0.25) is 0 Å².